The number of phenolic OH excluding ortho intramolecular Hbond substituents is 1. The highest BCUT2D eigenvalue weighted by Gasteiger charge is 2.16. The zero-order chi connectivity index (χ0) is 15.0. The molecule has 4 nitrogen and oxygen atoms in total. The van der Waals surface area contributed by atoms with Crippen molar-refractivity contribution in [1.82, 2.24) is 0 Å². The smallest absolute Gasteiger partial charge is 0.235 e. The lowest BCUT2D eigenvalue weighted by molar-refractivity contribution is 0.433. The Balaban J connectivity index is 2.21. The third-order valence-electron chi connectivity index (χ3n) is 3.37. The molecule has 0 aliphatic heterocycles. The molecule has 21 heavy (non-hydrogen) atoms. The van der Waals surface area contributed by atoms with Crippen molar-refractivity contribution in [3.8, 4) is 17.2 Å². The summed E-state index contributed by atoms with van der Waals surface area (Å²) < 4.78 is 11.3. The lowest BCUT2D eigenvalue weighted by Crippen LogP contribution is -2.07. The summed E-state index contributed by atoms with van der Waals surface area (Å²) in [6, 6.07) is 12.1. The molecule has 0 saturated heterocycles. The minimum Gasteiger partial charge on any atom is -0.508 e. The first-order valence-electron chi connectivity index (χ1n) is 6.57. The van der Waals surface area contributed by atoms with Crippen LogP contribution in [0.4, 0.5) is 0 Å². The lowest BCUT2D eigenvalue weighted by Gasteiger charge is -2.10. The van der Waals surface area contributed by atoms with Gasteiger partial charge in [0.15, 0.2) is 0 Å². The minimum atomic E-state index is -0.249. The first-order chi connectivity index (χ1) is 10.1. The molecule has 0 fully saturated rings. The van der Waals surface area contributed by atoms with E-state index in [-0.39, 0.29) is 16.9 Å². The van der Waals surface area contributed by atoms with Crippen molar-refractivity contribution < 1.29 is 14.3 Å². The maximum absolute atomic E-state index is 12.6. The molecule has 2 aromatic carbocycles. The zero-order valence-electron chi connectivity index (χ0n) is 11.7. The number of hydrogen-bond acceptors (Lipinski definition) is 4. The summed E-state index contributed by atoms with van der Waals surface area (Å²) in [6.07, 6.45) is 0. The molecule has 0 amide bonds. The van der Waals surface area contributed by atoms with E-state index in [2.05, 4.69) is 0 Å². The molecule has 0 aliphatic carbocycles. The van der Waals surface area contributed by atoms with Crippen molar-refractivity contribution in [3.63, 3.8) is 0 Å². The second-order valence-corrected chi connectivity index (χ2v) is 4.82. The molecule has 106 valence electrons. The summed E-state index contributed by atoms with van der Waals surface area (Å²) in [6.45, 7) is 3.38. The topological polar surface area (TPSA) is 59.7 Å². The maximum atomic E-state index is 12.6. The Morgan fingerprint density at radius 1 is 1.05 bits per heavy atom. The molecule has 3 aromatic rings. The fourth-order valence-electron chi connectivity index (χ4n) is 2.20. The van der Waals surface area contributed by atoms with Gasteiger partial charge in [-0.15, -0.1) is 0 Å². The van der Waals surface area contributed by atoms with E-state index >= 15 is 0 Å². The molecular weight excluding hydrogens is 268 g/mol. The van der Waals surface area contributed by atoms with Crippen LogP contribution in [-0.2, 0) is 0 Å². The highest BCUT2D eigenvalue weighted by Crippen LogP contribution is 2.29. The van der Waals surface area contributed by atoms with Crippen LogP contribution in [0.2, 0.25) is 0 Å². The summed E-state index contributed by atoms with van der Waals surface area (Å²) in [7, 11) is 0. The summed E-state index contributed by atoms with van der Waals surface area (Å²) >= 11 is 0. The summed E-state index contributed by atoms with van der Waals surface area (Å²) in [4.78, 5) is 12.6. The minimum absolute atomic E-state index is 0.0989. The molecule has 0 unspecified atom stereocenters. The van der Waals surface area contributed by atoms with E-state index in [1.54, 1.807) is 32.0 Å². The normalized spacial score (nSPS) is 10.8. The second-order valence-electron chi connectivity index (χ2n) is 4.82. The zero-order valence-corrected chi connectivity index (χ0v) is 11.7. The fourth-order valence-corrected chi connectivity index (χ4v) is 2.20. The molecule has 0 radical (unpaired) electrons. The molecule has 1 aromatic heterocycles. The van der Waals surface area contributed by atoms with Crippen LogP contribution in [0.25, 0.3) is 11.0 Å². The van der Waals surface area contributed by atoms with E-state index in [1.165, 1.54) is 6.07 Å². The van der Waals surface area contributed by atoms with Gasteiger partial charge in [0.1, 0.15) is 22.8 Å². The predicted molar refractivity (Wildman–Crippen MR) is 80.1 cm³/mol. The van der Waals surface area contributed by atoms with Crippen LogP contribution in [0.5, 0.6) is 17.2 Å². The van der Waals surface area contributed by atoms with Gasteiger partial charge < -0.3 is 14.3 Å². The number of benzene rings is 2. The summed E-state index contributed by atoms with van der Waals surface area (Å²) in [5.74, 6) is 1.22. The van der Waals surface area contributed by atoms with Gasteiger partial charge in [0.25, 0.3) is 0 Å². The molecular formula is C17H14O4. The molecule has 4 heteroatoms. The highest BCUT2D eigenvalue weighted by atomic mass is 16.5. The van der Waals surface area contributed by atoms with Gasteiger partial charge >= 0.3 is 0 Å². The molecule has 0 bridgehead atoms. The van der Waals surface area contributed by atoms with Gasteiger partial charge in [0, 0.05) is 5.56 Å². The Bertz CT molecular complexity index is 863. The van der Waals surface area contributed by atoms with E-state index < -0.39 is 0 Å². The summed E-state index contributed by atoms with van der Waals surface area (Å²) in [5.41, 5.74) is 0.678. The molecule has 0 aliphatic rings. The van der Waals surface area contributed by atoms with Crippen LogP contribution in [-0.4, -0.2) is 5.11 Å². The van der Waals surface area contributed by atoms with Crippen LogP contribution in [0.1, 0.15) is 11.3 Å². The van der Waals surface area contributed by atoms with Gasteiger partial charge in [-0.1, -0.05) is 18.2 Å². The van der Waals surface area contributed by atoms with Crippen LogP contribution < -0.4 is 10.2 Å². The Morgan fingerprint density at radius 3 is 2.48 bits per heavy atom. The van der Waals surface area contributed by atoms with Gasteiger partial charge in [-0.2, -0.15) is 0 Å². The average molecular weight is 282 g/mol. The van der Waals surface area contributed by atoms with Crippen molar-refractivity contribution in [1.29, 1.82) is 0 Å². The number of aryl methyl sites for hydroxylation is 2. The van der Waals surface area contributed by atoms with Crippen LogP contribution in [0, 0.1) is 13.8 Å². The molecule has 1 N–H and O–H groups in total. The second kappa shape index (κ2) is 4.98. The van der Waals surface area contributed by atoms with Gasteiger partial charge in [-0.3, -0.25) is 4.79 Å². The van der Waals surface area contributed by atoms with Crippen LogP contribution in [0.15, 0.2) is 51.7 Å². The molecule has 0 spiro atoms. The first-order valence-corrected chi connectivity index (χ1v) is 6.57. The number of hydrogen-bond donors (Lipinski definition) is 1. The quantitative estimate of drug-likeness (QED) is 0.774. The number of rotatable bonds is 2. The van der Waals surface area contributed by atoms with E-state index in [9.17, 15) is 9.90 Å². The largest absolute Gasteiger partial charge is 0.508 e. The standard InChI is InChI=1S/C17H14O4/c1-10-14(18)9-8-13-15(19)17(11(2)20-16(10)13)21-12-6-4-3-5-7-12/h3-9,18H,1-2H3. The highest BCUT2D eigenvalue weighted by molar-refractivity contribution is 5.83. The van der Waals surface area contributed by atoms with Crippen molar-refractivity contribution in [2.75, 3.05) is 0 Å². The summed E-state index contributed by atoms with van der Waals surface area (Å²) in [5, 5.41) is 10.1. The lowest BCUT2D eigenvalue weighted by atomic mass is 10.1. The van der Waals surface area contributed by atoms with Gasteiger partial charge in [-0.25, -0.2) is 0 Å². The first kappa shape index (κ1) is 13.2. The number of aromatic hydroxyl groups is 1. The van der Waals surface area contributed by atoms with Crippen molar-refractivity contribution in [2.45, 2.75) is 13.8 Å². The number of phenols is 1. The van der Waals surface area contributed by atoms with Crippen molar-refractivity contribution in [3.05, 3.63) is 64.0 Å². The van der Waals surface area contributed by atoms with E-state index in [4.69, 9.17) is 9.15 Å². The Kier molecular flexibility index (Phi) is 3.14. The monoisotopic (exact) mass is 282 g/mol. The molecule has 0 atom stereocenters. The Morgan fingerprint density at radius 2 is 1.76 bits per heavy atom. The van der Waals surface area contributed by atoms with Gasteiger partial charge in [0.2, 0.25) is 11.2 Å². The maximum Gasteiger partial charge on any atom is 0.235 e. The Hall–Kier alpha value is -2.75. The number of ether oxygens (including phenoxy) is 1. The number of fused-ring (bicyclic) bond motifs is 1. The van der Waals surface area contributed by atoms with Crippen molar-refractivity contribution in [2.24, 2.45) is 0 Å². The van der Waals surface area contributed by atoms with Crippen molar-refractivity contribution >= 4 is 11.0 Å². The third kappa shape index (κ3) is 2.25. The van der Waals surface area contributed by atoms with Gasteiger partial charge in [-0.05, 0) is 38.1 Å². The predicted octanol–water partition coefficient (Wildman–Crippen LogP) is 3.91. The molecule has 1 heterocycles. The van der Waals surface area contributed by atoms with E-state index in [0.29, 0.717) is 28.0 Å². The van der Waals surface area contributed by atoms with Gasteiger partial charge in [0.05, 0.1) is 5.39 Å². The van der Waals surface area contributed by atoms with E-state index in [1.807, 2.05) is 18.2 Å². The van der Waals surface area contributed by atoms with E-state index in [0.717, 1.165) is 0 Å². The van der Waals surface area contributed by atoms with Crippen LogP contribution >= 0.6 is 0 Å². The molecule has 3 rings (SSSR count). The fraction of sp³-hybridized carbons (Fsp3) is 0.118. The van der Waals surface area contributed by atoms with Crippen LogP contribution in [0.3, 0.4) is 0 Å². The molecule has 0 saturated carbocycles. The SMILES string of the molecule is Cc1oc2c(C)c(O)ccc2c(=O)c1Oc1ccccc1. The number of para-hydroxylation sites is 1. The average Bonchev–Trinajstić information content (AvgIpc) is 2.49. The third-order valence-corrected chi connectivity index (χ3v) is 3.37. The Labute approximate surface area is 121 Å².